The van der Waals surface area contributed by atoms with E-state index in [9.17, 15) is 4.79 Å². The Morgan fingerprint density at radius 1 is 1.47 bits per heavy atom. The summed E-state index contributed by atoms with van der Waals surface area (Å²) >= 11 is 8.93. The predicted molar refractivity (Wildman–Crippen MR) is 66.2 cm³/mol. The zero-order valence-corrected chi connectivity index (χ0v) is 10.9. The van der Waals surface area contributed by atoms with Crippen molar-refractivity contribution in [3.63, 3.8) is 0 Å². The molecule has 1 rings (SSSR count). The van der Waals surface area contributed by atoms with Crippen LogP contribution in [0.15, 0.2) is 28.7 Å². The minimum absolute atomic E-state index is 0.0382. The summed E-state index contributed by atoms with van der Waals surface area (Å²) in [4.78, 5) is 12.8. The molecule has 0 aliphatic rings. The first kappa shape index (κ1) is 12.5. The van der Waals surface area contributed by atoms with Gasteiger partial charge >= 0.3 is 0 Å². The Kier molecular flexibility index (Phi) is 5.12. The molecule has 0 bridgehead atoms. The van der Waals surface area contributed by atoms with Gasteiger partial charge in [0.15, 0.2) is 0 Å². The van der Waals surface area contributed by atoms with Crippen LogP contribution in [-0.4, -0.2) is 30.3 Å². The van der Waals surface area contributed by atoms with E-state index < -0.39 is 0 Å². The van der Waals surface area contributed by atoms with Crippen LogP contribution in [0.25, 0.3) is 0 Å². The Balaban J connectivity index is 2.50. The van der Waals surface area contributed by atoms with E-state index in [0.717, 1.165) is 10.9 Å². The van der Waals surface area contributed by atoms with E-state index in [1.165, 1.54) is 5.56 Å². The Hall–Kier alpha value is -0.540. The molecule has 15 heavy (non-hydrogen) atoms. The van der Waals surface area contributed by atoms with Gasteiger partial charge in [0.25, 0.3) is 0 Å². The molecular weight excluding hydrogens is 277 g/mol. The van der Waals surface area contributed by atoms with Crippen LogP contribution in [0.2, 0.25) is 0 Å². The molecule has 0 aliphatic carbocycles. The van der Waals surface area contributed by atoms with Gasteiger partial charge in [-0.05, 0) is 18.1 Å². The lowest BCUT2D eigenvalue weighted by Crippen LogP contribution is -2.29. The van der Waals surface area contributed by atoms with Gasteiger partial charge in [-0.2, -0.15) is 0 Å². The number of hydrogen-bond acceptors (Lipinski definition) is 1. The van der Waals surface area contributed by atoms with Gasteiger partial charge in [0.2, 0.25) is 5.91 Å². The quantitative estimate of drug-likeness (QED) is 0.781. The van der Waals surface area contributed by atoms with Gasteiger partial charge in [-0.3, -0.25) is 4.79 Å². The van der Waals surface area contributed by atoms with E-state index in [4.69, 9.17) is 11.6 Å². The van der Waals surface area contributed by atoms with E-state index >= 15 is 0 Å². The smallest absolute Gasteiger partial charge is 0.237 e. The molecule has 0 saturated carbocycles. The molecule has 0 aliphatic heterocycles. The summed E-state index contributed by atoms with van der Waals surface area (Å²) in [6.07, 6.45) is 0.834. The number of likely N-dealkylation sites (N-methyl/N-ethyl adjacent to an activating group) is 1. The van der Waals surface area contributed by atoms with E-state index in [-0.39, 0.29) is 11.8 Å². The highest BCUT2D eigenvalue weighted by molar-refractivity contribution is 9.10. The fraction of sp³-hybridized carbons (Fsp3) is 0.364. The predicted octanol–water partition coefficient (Wildman–Crippen LogP) is 2.69. The van der Waals surface area contributed by atoms with Crippen molar-refractivity contribution < 1.29 is 4.79 Å². The number of benzene rings is 1. The number of halogens is 2. The molecule has 0 unspecified atom stereocenters. The van der Waals surface area contributed by atoms with Crippen molar-refractivity contribution in [2.24, 2.45) is 0 Å². The van der Waals surface area contributed by atoms with Crippen LogP contribution < -0.4 is 0 Å². The van der Waals surface area contributed by atoms with E-state index in [1.54, 1.807) is 11.9 Å². The first-order valence-electron chi connectivity index (χ1n) is 4.68. The van der Waals surface area contributed by atoms with Crippen LogP contribution in [0.5, 0.6) is 0 Å². The van der Waals surface area contributed by atoms with Crippen molar-refractivity contribution in [3.05, 3.63) is 34.3 Å². The summed E-state index contributed by atoms with van der Waals surface area (Å²) in [5.74, 6) is 0.00985. The monoisotopic (exact) mass is 289 g/mol. The molecule has 0 fully saturated rings. The molecule has 0 heterocycles. The minimum Gasteiger partial charge on any atom is -0.344 e. The fourth-order valence-corrected chi connectivity index (χ4v) is 1.90. The van der Waals surface area contributed by atoms with Gasteiger partial charge in [-0.15, -0.1) is 11.6 Å². The minimum atomic E-state index is -0.0382. The first-order chi connectivity index (χ1) is 7.15. The zero-order chi connectivity index (χ0) is 11.3. The average Bonchev–Trinajstić information content (AvgIpc) is 2.26. The number of rotatable bonds is 4. The highest BCUT2D eigenvalue weighted by atomic mass is 79.9. The highest BCUT2D eigenvalue weighted by Crippen LogP contribution is 2.16. The Morgan fingerprint density at radius 3 is 2.73 bits per heavy atom. The molecule has 0 spiro atoms. The second-order valence-corrected chi connectivity index (χ2v) is 4.41. The molecule has 2 nitrogen and oxygen atoms in total. The Bertz CT molecular complexity index is 343. The molecule has 82 valence electrons. The SMILES string of the molecule is CN(CCc1ccccc1Br)C(=O)CCl. The van der Waals surface area contributed by atoms with Gasteiger partial charge < -0.3 is 4.90 Å². The zero-order valence-electron chi connectivity index (χ0n) is 8.54. The molecule has 1 amide bonds. The van der Waals surface area contributed by atoms with Crippen molar-refractivity contribution in [1.29, 1.82) is 0 Å². The summed E-state index contributed by atoms with van der Waals surface area (Å²) < 4.78 is 1.08. The second-order valence-electron chi connectivity index (χ2n) is 3.29. The standard InChI is InChI=1S/C11H13BrClNO/c1-14(11(15)8-13)7-6-9-4-2-3-5-10(9)12/h2-5H,6-8H2,1H3. The number of nitrogens with zero attached hydrogens (tertiary/aromatic N) is 1. The van der Waals surface area contributed by atoms with Gasteiger partial charge in [0.1, 0.15) is 5.88 Å². The van der Waals surface area contributed by atoms with E-state index in [1.807, 2.05) is 24.3 Å². The Morgan fingerprint density at radius 2 is 2.13 bits per heavy atom. The third-order valence-electron chi connectivity index (χ3n) is 2.21. The average molecular weight is 291 g/mol. The normalized spacial score (nSPS) is 10.1. The van der Waals surface area contributed by atoms with Crippen molar-refractivity contribution in [2.75, 3.05) is 19.5 Å². The van der Waals surface area contributed by atoms with Gasteiger partial charge in [-0.25, -0.2) is 0 Å². The number of alkyl halides is 1. The van der Waals surface area contributed by atoms with Crippen LogP contribution in [-0.2, 0) is 11.2 Å². The molecule has 0 atom stereocenters. The van der Waals surface area contributed by atoms with Crippen LogP contribution in [0.1, 0.15) is 5.56 Å². The highest BCUT2D eigenvalue weighted by Gasteiger charge is 2.07. The van der Waals surface area contributed by atoms with Gasteiger partial charge in [-0.1, -0.05) is 34.1 Å². The maximum Gasteiger partial charge on any atom is 0.237 e. The van der Waals surface area contributed by atoms with Crippen molar-refractivity contribution >= 4 is 33.4 Å². The first-order valence-corrected chi connectivity index (χ1v) is 6.01. The summed E-state index contributed by atoms with van der Waals surface area (Å²) in [6, 6.07) is 8.01. The lowest BCUT2D eigenvalue weighted by Gasteiger charge is -2.15. The van der Waals surface area contributed by atoms with Gasteiger partial charge in [0.05, 0.1) is 0 Å². The summed E-state index contributed by atoms with van der Waals surface area (Å²) in [5.41, 5.74) is 1.20. The lowest BCUT2D eigenvalue weighted by atomic mass is 10.1. The molecule has 1 aromatic carbocycles. The lowest BCUT2D eigenvalue weighted by molar-refractivity contribution is -0.127. The summed E-state index contributed by atoms with van der Waals surface area (Å²) in [6.45, 7) is 0.689. The maximum atomic E-state index is 11.2. The van der Waals surface area contributed by atoms with Crippen LogP contribution in [0.4, 0.5) is 0 Å². The number of carbonyl (C=O) groups excluding carboxylic acids is 1. The molecule has 0 saturated heterocycles. The molecule has 1 aromatic rings. The van der Waals surface area contributed by atoms with Crippen LogP contribution >= 0.6 is 27.5 Å². The van der Waals surface area contributed by atoms with Crippen LogP contribution in [0, 0.1) is 0 Å². The number of amides is 1. The van der Waals surface area contributed by atoms with Crippen molar-refractivity contribution in [3.8, 4) is 0 Å². The van der Waals surface area contributed by atoms with Crippen molar-refractivity contribution in [2.45, 2.75) is 6.42 Å². The fourth-order valence-electron chi connectivity index (χ4n) is 1.22. The van der Waals surface area contributed by atoms with E-state index in [2.05, 4.69) is 15.9 Å². The molecule has 4 heteroatoms. The molecule has 0 N–H and O–H groups in total. The summed E-state index contributed by atoms with van der Waals surface area (Å²) in [5, 5.41) is 0. The maximum absolute atomic E-state index is 11.2. The Labute approximate surface area is 103 Å². The van der Waals surface area contributed by atoms with Crippen LogP contribution in [0.3, 0.4) is 0 Å². The number of carbonyl (C=O) groups is 1. The van der Waals surface area contributed by atoms with Crippen molar-refractivity contribution in [1.82, 2.24) is 4.90 Å². The largest absolute Gasteiger partial charge is 0.344 e. The molecule has 0 radical (unpaired) electrons. The molecule has 0 aromatic heterocycles. The van der Waals surface area contributed by atoms with E-state index in [0.29, 0.717) is 6.54 Å². The third kappa shape index (κ3) is 3.84. The van der Waals surface area contributed by atoms with Gasteiger partial charge in [0, 0.05) is 18.1 Å². The topological polar surface area (TPSA) is 20.3 Å². The number of hydrogen-bond donors (Lipinski definition) is 0. The molecular formula is C11H13BrClNO. The second kappa shape index (κ2) is 6.13. The third-order valence-corrected chi connectivity index (χ3v) is 3.22. The summed E-state index contributed by atoms with van der Waals surface area (Å²) in [7, 11) is 1.77.